The van der Waals surface area contributed by atoms with Crippen LogP contribution in [0.2, 0.25) is 0 Å². The van der Waals surface area contributed by atoms with Crippen molar-refractivity contribution >= 4 is 11.7 Å². The molecule has 3 heterocycles. The fourth-order valence-electron chi connectivity index (χ4n) is 2.81. The Morgan fingerprint density at radius 3 is 2.77 bits per heavy atom. The molecule has 0 aromatic carbocycles. The maximum Gasteiger partial charge on any atom is 0.292 e. The van der Waals surface area contributed by atoms with Gasteiger partial charge in [0.05, 0.1) is 38.5 Å². The number of carbonyl (C=O) groups is 2. The summed E-state index contributed by atoms with van der Waals surface area (Å²) < 4.78 is 10.8. The summed E-state index contributed by atoms with van der Waals surface area (Å²) in [5.41, 5.74) is 0.293. The maximum atomic E-state index is 12.1. The third kappa shape index (κ3) is 3.32. The van der Waals surface area contributed by atoms with Crippen LogP contribution in [0.5, 0.6) is 0 Å². The van der Waals surface area contributed by atoms with Crippen LogP contribution in [0, 0.1) is 0 Å². The Bertz CT molecular complexity index is 531. The van der Waals surface area contributed by atoms with E-state index in [-0.39, 0.29) is 12.1 Å². The van der Waals surface area contributed by atoms with Gasteiger partial charge in [0.25, 0.3) is 11.7 Å². The number of amides is 1. The third-order valence-corrected chi connectivity index (χ3v) is 4.01. The number of ketones is 1. The van der Waals surface area contributed by atoms with Crippen molar-refractivity contribution in [2.45, 2.75) is 12.1 Å². The molecule has 22 heavy (non-hydrogen) atoms. The van der Waals surface area contributed by atoms with Crippen molar-refractivity contribution in [1.29, 1.82) is 0 Å². The van der Waals surface area contributed by atoms with E-state index in [0.29, 0.717) is 32.0 Å². The second kappa shape index (κ2) is 6.95. The van der Waals surface area contributed by atoms with Crippen LogP contribution in [0.25, 0.3) is 0 Å². The van der Waals surface area contributed by atoms with Gasteiger partial charge >= 0.3 is 0 Å². The predicted octanol–water partition coefficient (Wildman–Crippen LogP) is -0.520. The van der Waals surface area contributed by atoms with Crippen molar-refractivity contribution in [3.63, 3.8) is 0 Å². The predicted molar refractivity (Wildman–Crippen MR) is 77.5 cm³/mol. The fourth-order valence-corrected chi connectivity index (χ4v) is 2.81. The van der Waals surface area contributed by atoms with Gasteiger partial charge in [-0.25, -0.2) is 0 Å². The fraction of sp³-hybridized carbons (Fsp3) is 0.533. The Labute approximate surface area is 128 Å². The molecule has 1 aromatic heterocycles. The molecule has 0 bridgehead atoms. The van der Waals surface area contributed by atoms with Crippen LogP contribution in [0.3, 0.4) is 0 Å². The number of carbonyl (C=O) groups excluding carboxylic acids is 2. The molecule has 3 rings (SSSR count). The molecule has 0 spiro atoms. The van der Waals surface area contributed by atoms with E-state index in [1.807, 2.05) is 0 Å². The molecule has 7 heteroatoms. The van der Waals surface area contributed by atoms with Crippen LogP contribution in [-0.4, -0.2) is 73.2 Å². The molecule has 2 fully saturated rings. The van der Waals surface area contributed by atoms with Crippen molar-refractivity contribution in [1.82, 2.24) is 15.2 Å². The van der Waals surface area contributed by atoms with Gasteiger partial charge in [0.2, 0.25) is 0 Å². The summed E-state index contributed by atoms with van der Waals surface area (Å²) in [4.78, 5) is 30.3. The van der Waals surface area contributed by atoms with Gasteiger partial charge in [0, 0.05) is 31.0 Å². The molecule has 2 aliphatic heterocycles. The average molecular weight is 305 g/mol. The van der Waals surface area contributed by atoms with Crippen molar-refractivity contribution in [2.75, 3.05) is 39.5 Å². The molecule has 2 saturated heterocycles. The third-order valence-electron chi connectivity index (χ3n) is 4.01. The summed E-state index contributed by atoms with van der Waals surface area (Å²) in [6, 6.07) is 3.13. The molecule has 0 saturated carbocycles. The van der Waals surface area contributed by atoms with E-state index in [1.165, 1.54) is 6.20 Å². The van der Waals surface area contributed by atoms with E-state index < -0.39 is 11.7 Å². The van der Waals surface area contributed by atoms with Gasteiger partial charge in [0.1, 0.15) is 0 Å². The minimum absolute atomic E-state index is 0.0922. The topological polar surface area (TPSA) is 80.8 Å². The highest BCUT2D eigenvalue weighted by Crippen LogP contribution is 2.15. The highest BCUT2D eigenvalue weighted by molar-refractivity contribution is 6.42. The number of aromatic nitrogens is 1. The van der Waals surface area contributed by atoms with E-state index in [9.17, 15) is 9.59 Å². The number of pyridine rings is 1. The van der Waals surface area contributed by atoms with Crippen molar-refractivity contribution in [2.24, 2.45) is 0 Å². The first kappa shape index (κ1) is 15.1. The molecule has 1 amide bonds. The SMILES string of the molecule is O=C(N[C@@H]1COC[C@H]1N1CCOCC1)C(=O)c1cccnc1. The average Bonchev–Trinajstić information content (AvgIpc) is 3.04. The number of Topliss-reactive ketones (excluding diaryl/α,β-unsaturated/α-hetero) is 1. The minimum Gasteiger partial charge on any atom is -0.379 e. The number of hydrogen-bond acceptors (Lipinski definition) is 6. The van der Waals surface area contributed by atoms with Crippen LogP contribution < -0.4 is 5.32 Å². The van der Waals surface area contributed by atoms with Gasteiger partial charge in [-0.05, 0) is 12.1 Å². The summed E-state index contributed by atoms with van der Waals surface area (Å²) >= 11 is 0. The van der Waals surface area contributed by atoms with Crippen LogP contribution >= 0.6 is 0 Å². The summed E-state index contributed by atoms with van der Waals surface area (Å²) in [5.74, 6) is -1.18. The Kier molecular flexibility index (Phi) is 4.77. The highest BCUT2D eigenvalue weighted by Gasteiger charge is 2.35. The molecule has 7 nitrogen and oxygen atoms in total. The molecular formula is C15H19N3O4. The first-order valence-corrected chi connectivity index (χ1v) is 7.40. The number of hydrogen-bond donors (Lipinski definition) is 1. The van der Waals surface area contributed by atoms with Crippen LogP contribution in [0.1, 0.15) is 10.4 Å². The summed E-state index contributed by atoms with van der Waals surface area (Å²) in [7, 11) is 0. The van der Waals surface area contributed by atoms with E-state index in [4.69, 9.17) is 9.47 Å². The molecule has 1 N–H and O–H groups in total. The Balaban J connectivity index is 1.61. The van der Waals surface area contributed by atoms with Gasteiger partial charge in [-0.3, -0.25) is 19.5 Å². The smallest absolute Gasteiger partial charge is 0.292 e. The monoisotopic (exact) mass is 305 g/mol. The van der Waals surface area contributed by atoms with Crippen molar-refractivity contribution in [3.05, 3.63) is 30.1 Å². The standard InChI is InChI=1S/C15H19N3O4/c19-14(11-2-1-3-16-8-11)15(20)17-12-9-22-10-13(12)18-4-6-21-7-5-18/h1-3,8,12-13H,4-7,9-10H2,(H,17,20)/t12-,13-/m1/s1. The largest absolute Gasteiger partial charge is 0.379 e. The normalized spacial score (nSPS) is 25.8. The lowest BCUT2D eigenvalue weighted by Crippen LogP contribution is -2.55. The highest BCUT2D eigenvalue weighted by atomic mass is 16.5. The number of morpholine rings is 1. The van der Waals surface area contributed by atoms with Crippen LogP contribution in [0.15, 0.2) is 24.5 Å². The first-order chi connectivity index (χ1) is 10.8. The summed E-state index contributed by atoms with van der Waals surface area (Å²) in [6.45, 7) is 3.99. The number of nitrogens with one attached hydrogen (secondary N) is 1. The molecule has 0 radical (unpaired) electrons. The van der Waals surface area contributed by atoms with Gasteiger partial charge in [-0.2, -0.15) is 0 Å². The number of ether oxygens (including phenoxy) is 2. The molecule has 118 valence electrons. The molecule has 0 aliphatic carbocycles. The zero-order chi connectivity index (χ0) is 15.4. The van der Waals surface area contributed by atoms with Gasteiger partial charge in [0.15, 0.2) is 0 Å². The Hall–Kier alpha value is -1.83. The maximum absolute atomic E-state index is 12.1. The van der Waals surface area contributed by atoms with E-state index in [0.717, 1.165) is 13.1 Å². The summed E-state index contributed by atoms with van der Waals surface area (Å²) in [5, 5.41) is 2.80. The van der Waals surface area contributed by atoms with Crippen LogP contribution in [-0.2, 0) is 14.3 Å². The Morgan fingerprint density at radius 1 is 1.23 bits per heavy atom. The first-order valence-electron chi connectivity index (χ1n) is 7.40. The van der Waals surface area contributed by atoms with Crippen molar-refractivity contribution < 1.29 is 19.1 Å². The lowest BCUT2D eigenvalue weighted by molar-refractivity contribution is -0.118. The molecule has 0 unspecified atom stereocenters. The second-order valence-corrected chi connectivity index (χ2v) is 5.40. The number of nitrogens with zero attached hydrogens (tertiary/aromatic N) is 2. The minimum atomic E-state index is -0.609. The lowest BCUT2D eigenvalue weighted by atomic mass is 10.1. The van der Waals surface area contributed by atoms with E-state index in [1.54, 1.807) is 18.3 Å². The summed E-state index contributed by atoms with van der Waals surface area (Å²) in [6.07, 6.45) is 2.96. The molecular weight excluding hydrogens is 286 g/mol. The zero-order valence-electron chi connectivity index (χ0n) is 12.2. The lowest BCUT2D eigenvalue weighted by Gasteiger charge is -2.34. The van der Waals surface area contributed by atoms with E-state index in [2.05, 4.69) is 15.2 Å². The van der Waals surface area contributed by atoms with Crippen molar-refractivity contribution in [3.8, 4) is 0 Å². The quantitative estimate of drug-likeness (QED) is 0.595. The zero-order valence-corrected chi connectivity index (χ0v) is 12.2. The van der Waals surface area contributed by atoms with Gasteiger partial charge in [-0.15, -0.1) is 0 Å². The molecule has 1 aromatic rings. The van der Waals surface area contributed by atoms with Gasteiger partial charge in [-0.1, -0.05) is 0 Å². The van der Waals surface area contributed by atoms with E-state index >= 15 is 0 Å². The van der Waals surface area contributed by atoms with Gasteiger partial charge < -0.3 is 14.8 Å². The molecule has 2 atom stereocenters. The molecule has 2 aliphatic rings. The van der Waals surface area contributed by atoms with Crippen LogP contribution in [0.4, 0.5) is 0 Å². The number of rotatable bonds is 4. The Morgan fingerprint density at radius 2 is 2.05 bits per heavy atom. The second-order valence-electron chi connectivity index (χ2n) is 5.40.